The first-order valence-corrected chi connectivity index (χ1v) is 11.1. The molecule has 8 heteroatoms. The lowest BCUT2D eigenvalue weighted by Crippen LogP contribution is -2.34. The highest BCUT2D eigenvalue weighted by atomic mass is 16.6. The van der Waals surface area contributed by atoms with Crippen molar-refractivity contribution in [2.24, 2.45) is 5.92 Å². The van der Waals surface area contributed by atoms with Gasteiger partial charge in [0.25, 0.3) is 5.69 Å². The first-order valence-electron chi connectivity index (χ1n) is 11.1. The van der Waals surface area contributed by atoms with Gasteiger partial charge < -0.3 is 14.2 Å². The number of rotatable bonds is 16. The molecule has 1 aromatic carbocycles. The number of para-hydroxylation sites is 1. The van der Waals surface area contributed by atoms with Gasteiger partial charge >= 0.3 is 5.97 Å². The van der Waals surface area contributed by atoms with E-state index in [4.69, 9.17) is 20.6 Å². The molecule has 0 saturated carbocycles. The van der Waals surface area contributed by atoms with Crippen LogP contribution < -0.4 is 0 Å². The fraction of sp³-hybridized carbons (Fsp3) is 0.462. The second kappa shape index (κ2) is 15.5. The number of benzene rings is 1. The Labute approximate surface area is 201 Å². The first kappa shape index (κ1) is 28.8. The van der Waals surface area contributed by atoms with Gasteiger partial charge in [-0.15, -0.1) is 6.42 Å². The maximum atomic E-state index is 12.2. The highest BCUT2D eigenvalue weighted by molar-refractivity contribution is 6.00. The molecule has 0 N–H and O–H groups in total. The number of carbonyl (C=O) groups is 2. The number of unbranched alkanes of at least 4 members (excludes halogenated alkanes) is 1. The Balaban J connectivity index is 2.64. The Morgan fingerprint density at radius 1 is 1.24 bits per heavy atom. The summed E-state index contributed by atoms with van der Waals surface area (Å²) in [5, 5.41) is 11.2. The smallest absolute Gasteiger partial charge is 0.330 e. The Bertz CT molecular complexity index is 912. The minimum Gasteiger partial charge on any atom is -0.462 e. The molecule has 1 atom stereocenters. The molecule has 0 aliphatic heterocycles. The molecule has 0 saturated heterocycles. The van der Waals surface area contributed by atoms with E-state index in [-0.39, 0.29) is 38.0 Å². The maximum absolute atomic E-state index is 12.2. The Hall–Kier alpha value is -3.28. The predicted molar refractivity (Wildman–Crippen MR) is 129 cm³/mol. The van der Waals surface area contributed by atoms with Crippen LogP contribution in [0.25, 0.3) is 0 Å². The average molecular weight is 472 g/mol. The third-order valence-electron chi connectivity index (χ3n) is 4.96. The number of ether oxygens (including phenoxy) is 3. The Morgan fingerprint density at radius 3 is 2.65 bits per heavy atom. The van der Waals surface area contributed by atoms with Gasteiger partial charge in [0.2, 0.25) is 0 Å². The summed E-state index contributed by atoms with van der Waals surface area (Å²) in [6, 6.07) is 6.40. The molecule has 1 rings (SSSR count). The summed E-state index contributed by atoms with van der Waals surface area (Å²) < 4.78 is 16.3. The summed E-state index contributed by atoms with van der Waals surface area (Å²) in [6.45, 7) is 5.51. The van der Waals surface area contributed by atoms with E-state index < -0.39 is 22.3 Å². The van der Waals surface area contributed by atoms with E-state index in [0.717, 1.165) is 31.4 Å². The molecule has 0 fully saturated rings. The number of nitro groups is 1. The maximum Gasteiger partial charge on any atom is 0.330 e. The number of ketones is 1. The average Bonchev–Trinajstić information content (AvgIpc) is 2.81. The molecule has 184 valence electrons. The van der Waals surface area contributed by atoms with Crippen LogP contribution in [0.1, 0.15) is 45.6 Å². The van der Waals surface area contributed by atoms with Gasteiger partial charge in [0, 0.05) is 18.1 Å². The minimum absolute atomic E-state index is 0.00233. The van der Waals surface area contributed by atoms with Crippen LogP contribution in [0.3, 0.4) is 0 Å². The predicted octanol–water partition coefficient (Wildman–Crippen LogP) is 4.57. The molecular weight excluding hydrogens is 438 g/mol. The second-order valence-corrected chi connectivity index (χ2v) is 8.10. The normalized spacial score (nSPS) is 12.5. The van der Waals surface area contributed by atoms with E-state index in [1.807, 2.05) is 13.0 Å². The second-order valence-electron chi connectivity index (χ2n) is 8.10. The zero-order valence-electron chi connectivity index (χ0n) is 20.0. The SMILES string of the molecule is C#CCOC(C)(C)C(=O)/C=C/C(=O)OCC(CCC/C=C\C)COCc1ccccc1[N+](=O)[O-]. The highest BCUT2D eigenvalue weighted by Crippen LogP contribution is 2.19. The topological polar surface area (TPSA) is 105 Å². The fourth-order valence-corrected chi connectivity index (χ4v) is 2.94. The molecule has 0 heterocycles. The van der Waals surface area contributed by atoms with Crippen molar-refractivity contribution in [2.75, 3.05) is 19.8 Å². The summed E-state index contributed by atoms with van der Waals surface area (Å²) in [4.78, 5) is 35.0. The summed E-state index contributed by atoms with van der Waals surface area (Å²) >= 11 is 0. The number of hydrogen-bond donors (Lipinski definition) is 0. The summed E-state index contributed by atoms with van der Waals surface area (Å²) in [5.74, 6) is 1.14. The highest BCUT2D eigenvalue weighted by Gasteiger charge is 2.26. The fourth-order valence-electron chi connectivity index (χ4n) is 2.94. The van der Waals surface area contributed by atoms with E-state index in [1.165, 1.54) is 6.07 Å². The van der Waals surface area contributed by atoms with Crippen molar-refractivity contribution in [2.45, 2.75) is 52.2 Å². The molecule has 0 amide bonds. The van der Waals surface area contributed by atoms with Crippen LogP contribution in [-0.4, -0.2) is 42.1 Å². The molecule has 34 heavy (non-hydrogen) atoms. The van der Waals surface area contributed by atoms with Crippen molar-refractivity contribution in [3.8, 4) is 12.3 Å². The summed E-state index contributed by atoms with van der Waals surface area (Å²) in [5.41, 5.74) is -0.664. The van der Waals surface area contributed by atoms with Crippen LogP contribution in [0.2, 0.25) is 0 Å². The van der Waals surface area contributed by atoms with Gasteiger partial charge in [0.15, 0.2) is 5.78 Å². The van der Waals surface area contributed by atoms with Gasteiger partial charge in [-0.2, -0.15) is 0 Å². The Morgan fingerprint density at radius 2 is 1.97 bits per heavy atom. The van der Waals surface area contributed by atoms with Crippen molar-refractivity contribution in [3.63, 3.8) is 0 Å². The van der Waals surface area contributed by atoms with E-state index >= 15 is 0 Å². The van der Waals surface area contributed by atoms with Gasteiger partial charge in [-0.25, -0.2) is 4.79 Å². The largest absolute Gasteiger partial charge is 0.462 e. The van der Waals surface area contributed by atoms with E-state index in [0.29, 0.717) is 5.56 Å². The lowest BCUT2D eigenvalue weighted by atomic mass is 10.0. The monoisotopic (exact) mass is 471 g/mol. The van der Waals surface area contributed by atoms with Crippen LogP contribution >= 0.6 is 0 Å². The van der Waals surface area contributed by atoms with E-state index in [2.05, 4.69) is 12.0 Å². The molecule has 0 aromatic heterocycles. The van der Waals surface area contributed by atoms with Crippen molar-refractivity contribution in [1.29, 1.82) is 0 Å². The van der Waals surface area contributed by atoms with Crippen LogP contribution in [0.4, 0.5) is 5.69 Å². The van der Waals surface area contributed by atoms with Crippen LogP contribution in [-0.2, 0) is 30.4 Å². The van der Waals surface area contributed by atoms with Gasteiger partial charge in [0.05, 0.1) is 30.3 Å². The molecule has 1 aromatic rings. The number of allylic oxidation sites excluding steroid dienone is 2. The van der Waals surface area contributed by atoms with Crippen molar-refractivity contribution < 1.29 is 28.7 Å². The third kappa shape index (κ3) is 11.0. The van der Waals surface area contributed by atoms with E-state index in [9.17, 15) is 19.7 Å². The molecule has 0 spiro atoms. The quantitative estimate of drug-likeness (QED) is 0.0661. The lowest BCUT2D eigenvalue weighted by Gasteiger charge is -2.20. The number of carbonyl (C=O) groups excluding carboxylic acids is 2. The van der Waals surface area contributed by atoms with Gasteiger partial charge in [-0.1, -0.05) is 30.2 Å². The van der Waals surface area contributed by atoms with Gasteiger partial charge in [-0.05, 0) is 52.2 Å². The van der Waals surface area contributed by atoms with Crippen LogP contribution in [0.15, 0.2) is 48.6 Å². The number of esters is 1. The lowest BCUT2D eigenvalue weighted by molar-refractivity contribution is -0.386. The van der Waals surface area contributed by atoms with Crippen LogP contribution in [0.5, 0.6) is 0 Å². The summed E-state index contributed by atoms with van der Waals surface area (Å²) in [7, 11) is 0. The van der Waals surface area contributed by atoms with Crippen molar-refractivity contribution in [1.82, 2.24) is 0 Å². The molecule has 0 aliphatic rings. The number of nitrogens with zero attached hydrogens (tertiary/aromatic N) is 1. The Kier molecular flexibility index (Phi) is 13.1. The molecule has 1 unspecified atom stereocenters. The molecule has 8 nitrogen and oxygen atoms in total. The third-order valence-corrected chi connectivity index (χ3v) is 4.96. The molecular formula is C26H33NO7. The molecule has 0 bridgehead atoms. The standard InChI is InChI=1S/C26H33NO7/c1-5-7-8-9-12-21(18-32-20-22-13-10-11-14-23(22)27(30)31)19-33-25(29)16-15-24(28)26(3,4)34-17-6-2/h2,5,7,10-11,13-16,21H,8-9,12,17-20H2,1,3-4H3/b7-5-,16-15+. The molecule has 0 aliphatic carbocycles. The zero-order chi connectivity index (χ0) is 25.4. The van der Waals surface area contributed by atoms with Gasteiger partial charge in [-0.3, -0.25) is 14.9 Å². The number of nitro benzene ring substituents is 1. The zero-order valence-corrected chi connectivity index (χ0v) is 20.0. The number of hydrogen-bond acceptors (Lipinski definition) is 7. The first-order chi connectivity index (χ1) is 16.2. The number of terminal acetylenes is 1. The van der Waals surface area contributed by atoms with E-state index in [1.54, 1.807) is 32.0 Å². The summed E-state index contributed by atoms with van der Waals surface area (Å²) in [6.07, 6.45) is 13.8. The molecule has 0 radical (unpaired) electrons. The van der Waals surface area contributed by atoms with Crippen LogP contribution in [0, 0.1) is 28.4 Å². The van der Waals surface area contributed by atoms with Crippen molar-refractivity contribution in [3.05, 3.63) is 64.2 Å². The minimum atomic E-state index is -1.15. The van der Waals surface area contributed by atoms with Gasteiger partial charge in [0.1, 0.15) is 12.2 Å². The van der Waals surface area contributed by atoms with Crippen molar-refractivity contribution >= 4 is 17.4 Å².